The standard InChI is InChI=1S/C11H13NOS/c1-9(2)14(13)8-11-6-4-3-5-10(11)7-12/h3-6,9H,8H2,1-2H3. The Morgan fingerprint density at radius 3 is 2.64 bits per heavy atom. The summed E-state index contributed by atoms with van der Waals surface area (Å²) in [6, 6.07) is 9.41. The first-order valence-electron chi connectivity index (χ1n) is 4.50. The van der Waals surface area contributed by atoms with Crippen LogP contribution in [0.15, 0.2) is 24.3 Å². The highest BCUT2D eigenvalue weighted by molar-refractivity contribution is 7.84. The molecule has 0 heterocycles. The first-order chi connectivity index (χ1) is 6.65. The SMILES string of the molecule is CC(C)S(=O)Cc1ccccc1C#N. The van der Waals surface area contributed by atoms with Crippen LogP contribution in [0.5, 0.6) is 0 Å². The van der Waals surface area contributed by atoms with Gasteiger partial charge in [0.2, 0.25) is 0 Å². The molecule has 1 aromatic carbocycles. The summed E-state index contributed by atoms with van der Waals surface area (Å²) in [5, 5.41) is 8.96. The van der Waals surface area contributed by atoms with Crippen molar-refractivity contribution in [3.05, 3.63) is 35.4 Å². The number of nitrogens with zero attached hydrogens (tertiary/aromatic N) is 1. The van der Waals surface area contributed by atoms with Crippen molar-refractivity contribution in [3.63, 3.8) is 0 Å². The molecule has 0 fully saturated rings. The third kappa shape index (κ3) is 2.68. The fourth-order valence-electron chi connectivity index (χ4n) is 1.08. The summed E-state index contributed by atoms with van der Waals surface area (Å²) in [5.74, 6) is 0.474. The largest absolute Gasteiger partial charge is 0.259 e. The van der Waals surface area contributed by atoms with Crippen LogP contribution in [0.3, 0.4) is 0 Å². The van der Waals surface area contributed by atoms with Crippen molar-refractivity contribution in [1.29, 1.82) is 5.26 Å². The average molecular weight is 207 g/mol. The molecular weight excluding hydrogens is 194 g/mol. The molecule has 14 heavy (non-hydrogen) atoms. The van der Waals surface area contributed by atoms with Crippen LogP contribution in [0.2, 0.25) is 0 Å². The zero-order chi connectivity index (χ0) is 10.6. The topological polar surface area (TPSA) is 40.9 Å². The van der Waals surface area contributed by atoms with E-state index in [4.69, 9.17) is 5.26 Å². The van der Waals surface area contributed by atoms with Gasteiger partial charge in [-0.3, -0.25) is 4.21 Å². The van der Waals surface area contributed by atoms with E-state index in [1.165, 1.54) is 0 Å². The Morgan fingerprint density at radius 2 is 2.07 bits per heavy atom. The molecule has 1 atom stereocenters. The maximum absolute atomic E-state index is 11.6. The van der Waals surface area contributed by atoms with Gasteiger partial charge in [-0.25, -0.2) is 0 Å². The number of hydrogen-bond acceptors (Lipinski definition) is 2. The van der Waals surface area contributed by atoms with Crippen molar-refractivity contribution in [2.45, 2.75) is 24.9 Å². The predicted molar refractivity (Wildman–Crippen MR) is 58.1 cm³/mol. The lowest BCUT2D eigenvalue weighted by molar-refractivity contribution is 0.676. The Bertz CT molecular complexity index is 379. The Morgan fingerprint density at radius 1 is 1.43 bits per heavy atom. The van der Waals surface area contributed by atoms with Gasteiger partial charge in [0.15, 0.2) is 0 Å². The van der Waals surface area contributed by atoms with Crippen LogP contribution in [0.4, 0.5) is 0 Å². The lowest BCUT2D eigenvalue weighted by atomic mass is 10.1. The first kappa shape index (κ1) is 10.9. The molecule has 74 valence electrons. The molecule has 0 radical (unpaired) electrons. The average Bonchev–Trinajstić information content (AvgIpc) is 2.18. The van der Waals surface area contributed by atoms with Crippen molar-refractivity contribution >= 4 is 10.8 Å². The fraction of sp³-hybridized carbons (Fsp3) is 0.364. The van der Waals surface area contributed by atoms with Crippen molar-refractivity contribution in [2.24, 2.45) is 0 Å². The molecule has 0 aromatic heterocycles. The molecule has 2 nitrogen and oxygen atoms in total. The highest BCUT2D eigenvalue weighted by Gasteiger charge is 2.08. The Kier molecular flexibility index (Phi) is 3.84. The molecule has 0 amide bonds. The van der Waals surface area contributed by atoms with Crippen molar-refractivity contribution in [1.82, 2.24) is 0 Å². The quantitative estimate of drug-likeness (QED) is 0.762. The minimum absolute atomic E-state index is 0.141. The summed E-state index contributed by atoms with van der Waals surface area (Å²) in [7, 11) is -0.886. The number of rotatable bonds is 3. The van der Waals surface area contributed by atoms with Gasteiger partial charge < -0.3 is 0 Å². The van der Waals surface area contributed by atoms with E-state index >= 15 is 0 Å². The van der Waals surface area contributed by atoms with Gasteiger partial charge in [0.05, 0.1) is 17.4 Å². The minimum Gasteiger partial charge on any atom is -0.259 e. The molecule has 0 aliphatic carbocycles. The van der Waals surface area contributed by atoms with Crippen molar-refractivity contribution in [2.75, 3.05) is 0 Å². The molecule has 1 aromatic rings. The highest BCUT2D eigenvalue weighted by atomic mass is 32.2. The van der Waals surface area contributed by atoms with Crippen LogP contribution in [0.1, 0.15) is 25.0 Å². The molecular formula is C11H13NOS. The van der Waals surface area contributed by atoms with Gasteiger partial charge in [-0.15, -0.1) is 0 Å². The van der Waals surface area contributed by atoms with Gasteiger partial charge in [-0.2, -0.15) is 5.26 Å². The Balaban J connectivity index is 2.87. The first-order valence-corrected chi connectivity index (χ1v) is 5.88. The lowest BCUT2D eigenvalue weighted by Gasteiger charge is -2.06. The molecule has 0 saturated carbocycles. The van der Waals surface area contributed by atoms with E-state index in [-0.39, 0.29) is 5.25 Å². The van der Waals surface area contributed by atoms with E-state index in [1.807, 2.05) is 32.0 Å². The zero-order valence-electron chi connectivity index (χ0n) is 8.36. The normalized spacial score (nSPS) is 12.4. The molecule has 0 bridgehead atoms. The molecule has 0 saturated heterocycles. The van der Waals surface area contributed by atoms with E-state index in [0.29, 0.717) is 11.3 Å². The van der Waals surface area contributed by atoms with E-state index < -0.39 is 10.8 Å². The third-order valence-electron chi connectivity index (χ3n) is 1.96. The van der Waals surface area contributed by atoms with Gasteiger partial charge in [0.1, 0.15) is 0 Å². The van der Waals surface area contributed by atoms with Crippen molar-refractivity contribution in [3.8, 4) is 6.07 Å². The summed E-state index contributed by atoms with van der Waals surface area (Å²) < 4.78 is 11.6. The third-order valence-corrected chi connectivity index (χ3v) is 3.61. The minimum atomic E-state index is -0.886. The van der Waals surface area contributed by atoms with Gasteiger partial charge in [-0.05, 0) is 11.6 Å². The van der Waals surface area contributed by atoms with Crippen LogP contribution in [0.25, 0.3) is 0 Å². The Labute approximate surface area is 87.0 Å². The van der Waals surface area contributed by atoms with Gasteiger partial charge >= 0.3 is 0 Å². The Hall–Kier alpha value is -1.14. The monoisotopic (exact) mass is 207 g/mol. The van der Waals surface area contributed by atoms with Gasteiger partial charge in [-0.1, -0.05) is 32.0 Å². The van der Waals surface area contributed by atoms with Gasteiger partial charge in [0, 0.05) is 16.0 Å². The van der Waals surface area contributed by atoms with E-state index in [2.05, 4.69) is 6.07 Å². The van der Waals surface area contributed by atoms with E-state index in [0.717, 1.165) is 5.56 Å². The molecule has 0 aliphatic rings. The molecule has 0 spiro atoms. The highest BCUT2D eigenvalue weighted by Crippen LogP contribution is 2.11. The summed E-state index contributed by atoms with van der Waals surface area (Å²) >= 11 is 0. The van der Waals surface area contributed by atoms with E-state index in [9.17, 15) is 4.21 Å². The second-order valence-corrected chi connectivity index (χ2v) is 5.34. The molecule has 0 N–H and O–H groups in total. The maximum Gasteiger partial charge on any atom is 0.0994 e. The van der Waals surface area contributed by atoms with Crippen LogP contribution < -0.4 is 0 Å². The zero-order valence-corrected chi connectivity index (χ0v) is 9.17. The summed E-state index contributed by atoms with van der Waals surface area (Å²) in [5.41, 5.74) is 1.50. The fourth-order valence-corrected chi connectivity index (χ4v) is 1.97. The summed E-state index contributed by atoms with van der Waals surface area (Å²) in [4.78, 5) is 0. The van der Waals surface area contributed by atoms with Crippen LogP contribution in [-0.4, -0.2) is 9.46 Å². The molecule has 1 unspecified atom stereocenters. The predicted octanol–water partition coefficient (Wildman–Crippen LogP) is 2.22. The summed E-state index contributed by atoms with van der Waals surface area (Å²) in [6.07, 6.45) is 0. The van der Waals surface area contributed by atoms with Crippen molar-refractivity contribution < 1.29 is 4.21 Å². The molecule has 3 heteroatoms. The number of benzene rings is 1. The number of hydrogen-bond donors (Lipinski definition) is 0. The van der Waals surface area contributed by atoms with Crippen LogP contribution in [0, 0.1) is 11.3 Å². The lowest BCUT2D eigenvalue weighted by Crippen LogP contribution is -2.08. The summed E-state index contributed by atoms with van der Waals surface area (Å²) in [6.45, 7) is 3.84. The van der Waals surface area contributed by atoms with E-state index in [1.54, 1.807) is 6.07 Å². The molecule has 1 rings (SSSR count). The number of nitriles is 1. The second-order valence-electron chi connectivity index (χ2n) is 3.34. The van der Waals surface area contributed by atoms with Gasteiger partial charge in [0.25, 0.3) is 0 Å². The smallest absolute Gasteiger partial charge is 0.0994 e. The second kappa shape index (κ2) is 4.92. The van der Waals surface area contributed by atoms with Crippen LogP contribution >= 0.6 is 0 Å². The molecule has 0 aliphatic heterocycles. The van der Waals surface area contributed by atoms with Crippen LogP contribution in [-0.2, 0) is 16.6 Å². The maximum atomic E-state index is 11.6.